The zero-order valence-corrected chi connectivity index (χ0v) is 13.2. The summed E-state index contributed by atoms with van der Waals surface area (Å²) in [6.07, 6.45) is 4.68. The first kappa shape index (κ1) is 15.8. The molecule has 0 spiro atoms. The van der Waals surface area contributed by atoms with Gasteiger partial charge in [-0.1, -0.05) is 6.92 Å². The molecule has 118 valence electrons. The van der Waals surface area contributed by atoms with E-state index in [1.165, 1.54) is 0 Å². The number of hydrogen-bond donors (Lipinski definition) is 1. The van der Waals surface area contributed by atoms with Gasteiger partial charge in [-0.2, -0.15) is 5.10 Å². The number of hydrogen-bond acceptors (Lipinski definition) is 3. The molecule has 6 heteroatoms. The highest BCUT2D eigenvalue weighted by atomic mass is 16.5. The fraction of sp³-hybridized carbons (Fsp3) is 0.733. The van der Waals surface area contributed by atoms with Crippen LogP contribution in [-0.2, 0) is 11.8 Å². The zero-order valence-electron chi connectivity index (χ0n) is 13.2. The van der Waals surface area contributed by atoms with E-state index in [4.69, 9.17) is 4.74 Å². The summed E-state index contributed by atoms with van der Waals surface area (Å²) in [7, 11) is 3.76. The number of nitrogens with zero attached hydrogens (tertiary/aromatic N) is 3. The van der Waals surface area contributed by atoms with E-state index in [9.17, 15) is 4.79 Å². The van der Waals surface area contributed by atoms with Gasteiger partial charge in [-0.25, -0.2) is 4.79 Å². The van der Waals surface area contributed by atoms with Gasteiger partial charge in [0.15, 0.2) is 0 Å². The summed E-state index contributed by atoms with van der Waals surface area (Å²) >= 11 is 0. The van der Waals surface area contributed by atoms with Gasteiger partial charge >= 0.3 is 6.03 Å². The smallest absolute Gasteiger partial charge is 0.317 e. The van der Waals surface area contributed by atoms with Gasteiger partial charge in [-0.05, 0) is 31.2 Å². The van der Waals surface area contributed by atoms with E-state index in [0.717, 1.165) is 44.7 Å². The van der Waals surface area contributed by atoms with Crippen LogP contribution in [0.15, 0.2) is 12.3 Å². The second-order valence-electron chi connectivity index (χ2n) is 5.73. The summed E-state index contributed by atoms with van der Waals surface area (Å²) in [6.45, 7) is 4.48. The van der Waals surface area contributed by atoms with Crippen molar-refractivity contribution in [3.63, 3.8) is 0 Å². The Morgan fingerprint density at radius 3 is 2.86 bits per heavy atom. The fourth-order valence-corrected chi connectivity index (χ4v) is 2.77. The summed E-state index contributed by atoms with van der Waals surface area (Å²) in [6, 6.07) is 1.93. The van der Waals surface area contributed by atoms with Gasteiger partial charge in [-0.3, -0.25) is 4.68 Å². The quantitative estimate of drug-likeness (QED) is 0.903. The Labute approximate surface area is 126 Å². The molecule has 0 aliphatic carbocycles. The molecule has 6 nitrogen and oxygen atoms in total. The molecule has 2 rings (SSSR count). The van der Waals surface area contributed by atoms with E-state index in [1.807, 2.05) is 24.8 Å². The molecule has 0 saturated carbocycles. The second-order valence-corrected chi connectivity index (χ2v) is 5.73. The Hall–Kier alpha value is -1.56. The van der Waals surface area contributed by atoms with Crippen molar-refractivity contribution in [3.8, 4) is 0 Å². The van der Waals surface area contributed by atoms with Crippen molar-refractivity contribution in [1.82, 2.24) is 20.0 Å². The second kappa shape index (κ2) is 7.45. The molecule has 2 heterocycles. The van der Waals surface area contributed by atoms with Gasteiger partial charge < -0.3 is 15.0 Å². The third kappa shape index (κ3) is 4.20. The lowest BCUT2D eigenvalue weighted by Crippen LogP contribution is -2.42. The largest absolute Gasteiger partial charge is 0.381 e. The summed E-state index contributed by atoms with van der Waals surface area (Å²) < 4.78 is 7.17. The van der Waals surface area contributed by atoms with E-state index in [-0.39, 0.29) is 12.1 Å². The molecule has 1 saturated heterocycles. The van der Waals surface area contributed by atoms with Gasteiger partial charge in [0.05, 0.1) is 11.7 Å². The lowest BCUT2D eigenvalue weighted by Gasteiger charge is -2.28. The van der Waals surface area contributed by atoms with Gasteiger partial charge in [0.1, 0.15) is 0 Å². The zero-order chi connectivity index (χ0) is 15.2. The van der Waals surface area contributed by atoms with Crippen molar-refractivity contribution in [2.75, 3.05) is 26.8 Å². The average Bonchev–Trinajstić information content (AvgIpc) is 2.91. The molecule has 1 aliphatic heterocycles. The predicted molar refractivity (Wildman–Crippen MR) is 80.9 cm³/mol. The van der Waals surface area contributed by atoms with Crippen LogP contribution in [-0.4, -0.2) is 47.5 Å². The van der Waals surface area contributed by atoms with E-state index >= 15 is 0 Å². The van der Waals surface area contributed by atoms with Crippen LogP contribution in [0.2, 0.25) is 0 Å². The molecule has 1 aliphatic rings. The lowest BCUT2D eigenvalue weighted by atomic mass is 10.00. The van der Waals surface area contributed by atoms with Crippen LogP contribution in [0.25, 0.3) is 0 Å². The summed E-state index contributed by atoms with van der Waals surface area (Å²) in [5.41, 5.74) is 1.03. The van der Waals surface area contributed by atoms with Crippen LogP contribution in [0, 0.1) is 5.92 Å². The molecule has 1 aromatic heterocycles. The van der Waals surface area contributed by atoms with Crippen LogP contribution in [0.1, 0.15) is 37.9 Å². The van der Waals surface area contributed by atoms with Crippen molar-refractivity contribution in [2.24, 2.45) is 13.0 Å². The highest BCUT2D eigenvalue weighted by Crippen LogP contribution is 2.18. The maximum absolute atomic E-state index is 12.3. The van der Waals surface area contributed by atoms with Gasteiger partial charge in [-0.15, -0.1) is 0 Å². The Kier molecular flexibility index (Phi) is 5.61. The van der Waals surface area contributed by atoms with Crippen LogP contribution >= 0.6 is 0 Å². The Balaban J connectivity index is 1.88. The summed E-state index contributed by atoms with van der Waals surface area (Å²) in [4.78, 5) is 14.1. The van der Waals surface area contributed by atoms with E-state index in [1.54, 1.807) is 11.1 Å². The first-order chi connectivity index (χ1) is 10.1. The molecule has 1 N–H and O–H groups in total. The van der Waals surface area contributed by atoms with Crippen LogP contribution in [0.3, 0.4) is 0 Å². The molecule has 2 amide bonds. The first-order valence-corrected chi connectivity index (χ1v) is 7.69. The maximum Gasteiger partial charge on any atom is 0.317 e. The number of amides is 2. The van der Waals surface area contributed by atoms with Crippen molar-refractivity contribution in [2.45, 2.75) is 32.2 Å². The normalized spacial score (nSPS) is 17.5. The van der Waals surface area contributed by atoms with Crippen LogP contribution in [0.4, 0.5) is 4.79 Å². The molecular weight excluding hydrogens is 268 g/mol. The monoisotopic (exact) mass is 294 g/mol. The summed E-state index contributed by atoms with van der Waals surface area (Å²) in [5, 5.41) is 7.26. The minimum Gasteiger partial charge on any atom is -0.381 e. The molecular formula is C15H26N4O2. The van der Waals surface area contributed by atoms with Gasteiger partial charge in [0.2, 0.25) is 0 Å². The third-order valence-corrected chi connectivity index (χ3v) is 4.14. The Bertz CT molecular complexity index is 454. The average molecular weight is 294 g/mol. The minimum atomic E-state index is -0.0189. The Morgan fingerprint density at radius 2 is 2.29 bits per heavy atom. The van der Waals surface area contributed by atoms with Crippen molar-refractivity contribution in [1.29, 1.82) is 0 Å². The fourth-order valence-electron chi connectivity index (χ4n) is 2.77. The molecule has 0 radical (unpaired) electrons. The van der Waals surface area contributed by atoms with Gasteiger partial charge in [0.25, 0.3) is 0 Å². The standard InChI is InChI=1S/C15H26N4O2/c1-4-13(14-5-8-16-19(14)3)17-15(20)18(2)11-12-6-9-21-10-7-12/h5,8,12-13H,4,6-7,9-11H2,1-3H3,(H,17,20)/t13-/m0/s1. The van der Waals surface area contributed by atoms with E-state index < -0.39 is 0 Å². The van der Waals surface area contributed by atoms with E-state index in [2.05, 4.69) is 17.3 Å². The first-order valence-electron chi connectivity index (χ1n) is 7.69. The third-order valence-electron chi connectivity index (χ3n) is 4.14. The lowest BCUT2D eigenvalue weighted by molar-refractivity contribution is 0.0584. The molecule has 21 heavy (non-hydrogen) atoms. The highest BCUT2D eigenvalue weighted by Gasteiger charge is 2.21. The Morgan fingerprint density at radius 1 is 1.57 bits per heavy atom. The van der Waals surface area contributed by atoms with Crippen molar-refractivity contribution < 1.29 is 9.53 Å². The number of urea groups is 1. The van der Waals surface area contributed by atoms with Crippen LogP contribution < -0.4 is 5.32 Å². The van der Waals surface area contributed by atoms with Crippen LogP contribution in [0.5, 0.6) is 0 Å². The number of aromatic nitrogens is 2. The molecule has 1 atom stereocenters. The minimum absolute atomic E-state index is 0.00198. The SMILES string of the molecule is CC[C@H](NC(=O)N(C)CC1CCOCC1)c1ccnn1C. The number of carbonyl (C=O) groups is 1. The topological polar surface area (TPSA) is 59.4 Å². The maximum atomic E-state index is 12.3. The molecule has 1 aromatic rings. The predicted octanol–water partition coefficient (Wildman–Crippen LogP) is 1.94. The number of carbonyl (C=O) groups excluding carboxylic acids is 1. The van der Waals surface area contributed by atoms with Crippen molar-refractivity contribution in [3.05, 3.63) is 18.0 Å². The molecule has 1 fully saturated rings. The van der Waals surface area contributed by atoms with Crippen molar-refractivity contribution >= 4 is 6.03 Å². The van der Waals surface area contributed by atoms with E-state index in [0.29, 0.717) is 5.92 Å². The molecule has 0 aromatic carbocycles. The molecule has 0 unspecified atom stereocenters. The number of nitrogens with one attached hydrogen (secondary N) is 1. The van der Waals surface area contributed by atoms with Gasteiger partial charge in [0, 0.05) is 40.1 Å². The number of rotatable bonds is 5. The molecule has 0 bridgehead atoms. The summed E-state index contributed by atoms with van der Waals surface area (Å²) in [5.74, 6) is 0.547. The highest BCUT2D eigenvalue weighted by molar-refractivity contribution is 5.74. The number of aryl methyl sites for hydroxylation is 1. The number of ether oxygens (including phenoxy) is 1.